The Balaban J connectivity index is 1.64. The molecule has 0 unspecified atom stereocenters. The lowest BCUT2D eigenvalue weighted by Gasteiger charge is -2.37. The summed E-state index contributed by atoms with van der Waals surface area (Å²) in [5.74, 6) is -0.300. The van der Waals surface area contributed by atoms with Gasteiger partial charge in [0.25, 0.3) is 0 Å². The maximum Gasteiger partial charge on any atom is 0.170 e. The van der Waals surface area contributed by atoms with E-state index >= 15 is 0 Å². The van der Waals surface area contributed by atoms with Crippen LogP contribution in [0.1, 0.15) is 29.7 Å². The Hall–Kier alpha value is -1.17. The summed E-state index contributed by atoms with van der Waals surface area (Å²) >= 11 is 0. The predicted octanol–water partition coefficient (Wildman–Crippen LogP) is 1.62. The van der Waals surface area contributed by atoms with E-state index < -0.39 is 0 Å². The normalized spacial score (nSPS) is 22.5. The molecular formula is C15H23N3O2. The van der Waals surface area contributed by atoms with Crippen molar-refractivity contribution in [2.45, 2.75) is 39.0 Å². The highest BCUT2D eigenvalue weighted by molar-refractivity contribution is 5.53. The van der Waals surface area contributed by atoms with Crippen molar-refractivity contribution in [1.82, 2.24) is 9.88 Å². The van der Waals surface area contributed by atoms with Crippen LogP contribution in [0.15, 0.2) is 6.20 Å². The molecule has 0 bridgehead atoms. The Labute approximate surface area is 120 Å². The van der Waals surface area contributed by atoms with Gasteiger partial charge in [0.05, 0.1) is 18.9 Å². The molecule has 0 aliphatic carbocycles. The number of aromatic nitrogens is 1. The Morgan fingerprint density at radius 1 is 1.25 bits per heavy atom. The largest absolute Gasteiger partial charge is 0.398 e. The van der Waals surface area contributed by atoms with Crippen LogP contribution in [0.3, 0.4) is 0 Å². The Morgan fingerprint density at radius 2 is 1.90 bits per heavy atom. The zero-order chi connectivity index (χ0) is 14.2. The summed E-state index contributed by atoms with van der Waals surface area (Å²) in [5, 5.41) is 0. The standard InChI is InChI=1S/C15H23N3O2/c1-11-9-17-13(12(2)14(11)16)10-18-5-3-15(4-6-18)19-7-8-20-15/h9H,3-8,10H2,1-2H3,(H2,16,17). The lowest BCUT2D eigenvalue weighted by Crippen LogP contribution is -2.44. The fraction of sp³-hybridized carbons (Fsp3) is 0.667. The van der Waals surface area contributed by atoms with Crippen molar-refractivity contribution in [2.75, 3.05) is 32.0 Å². The molecule has 0 radical (unpaired) electrons. The minimum atomic E-state index is -0.300. The van der Waals surface area contributed by atoms with E-state index in [0.29, 0.717) is 0 Å². The SMILES string of the molecule is Cc1cnc(CN2CCC3(CC2)OCCO3)c(C)c1N. The molecule has 3 heterocycles. The van der Waals surface area contributed by atoms with E-state index in [-0.39, 0.29) is 5.79 Å². The van der Waals surface area contributed by atoms with Crippen LogP contribution in [0.25, 0.3) is 0 Å². The van der Waals surface area contributed by atoms with E-state index in [1.54, 1.807) is 0 Å². The number of pyridine rings is 1. The zero-order valence-electron chi connectivity index (χ0n) is 12.3. The van der Waals surface area contributed by atoms with Gasteiger partial charge >= 0.3 is 0 Å². The Bertz CT molecular complexity index is 488. The highest BCUT2D eigenvalue weighted by Crippen LogP contribution is 2.32. The number of nitrogens with zero attached hydrogens (tertiary/aromatic N) is 2. The van der Waals surface area contributed by atoms with E-state index in [9.17, 15) is 0 Å². The summed E-state index contributed by atoms with van der Waals surface area (Å²) in [6.07, 6.45) is 3.74. The van der Waals surface area contributed by atoms with Crippen molar-refractivity contribution in [3.05, 3.63) is 23.0 Å². The number of aryl methyl sites for hydroxylation is 1. The molecule has 1 aromatic heterocycles. The van der Waals surface area contributed by atoms with Gasteiger partial charge in [-0.1, -0.05) is 0 Å². The highest BCUT2D eigenvalue weighted by Gasteiger charge is 2.39. The molecule has 5 nitrogen and oxygen atoms in total. The lowest BCUT2D eigenvalue weighted by molar-refractivity contribution is -0.185. The first-order valence-corrected chi connectivity index (χ1v) is 7.30. The average molecular weight is 277 g/mol. The second-order valence-corrected chi connectivity index (χ2v) is 5.81. The molecule has 3 rings (SSSR count). The van der Waals surface area contributed by atoms with Crippen LogP contribution in [0.2, 0.25) is 0 Å². The van der Waals surface area contributed by atoms with E-state index in [0.717, 1.165) is 68.2 Å². The predicted molar refractivity (Wildman–Crippen MR) is 77.3 cm³/mol. The second-order valence-electron chi connectivity index (χ2n) is 5.81. The molecule has 1 spiro atoms. The molecule has 2 aliphatic rings. The number of likely N-dealkylation sites (tertiary alicyclic amines) is 1. The van der Waals surface area contributed by atoms with Crippen molar-refractivity contribution in [3.8, 4) is 0 Å². The van der Waals surface area contributed by atoms with Crippen molar-refractivity contribution < 1.29 is 9.47 Å². The monoisotopic (exact) mass is 277 g/mol. The third-order valence-corrected chi connectivity index (χ3v) is 4.48. The van der Waals surface area contributed by atoms with Gasteiger partial charge in [-0.2, -0.15) is 0 Å². The number of hydrogen-bond donors (Lipinski definition) is 1. The number of ether oxygens (including phenoxy) is 2. The molecule has 0 amide bonds. The highest BCUT2D eigenvalue weighted by atomic mass is 16.7. The van der Waals surface area contributed by atoms with Gasteiger partial charge in [-0.05, 0) is 25.0 Å². The first kappa shape index (κ1) is 13.8. The number of nitrogens with two attached hydrogens (primary N) is 1. The molecule has 110 valence electrons. The molecule has 1 aromatic rings. The minimum absolute atomic E-state index is 0.300. The van der Waals surface area contributed by atoms with E-state index in [4.69, 9.17) is 15.2 Å². The summed E-state index contributed by atoms with van der Waals surface area (Å²) in [5.41, 5.74) is 10.2. The molecule has 2 N–H and O–H groups in total. The number of hydrogen-bond acceptors (Lipinski definition) is 5. The first-order valence-electron chi connectivity index (χ1n) is 7.30. The number of anilines is 1. The summed E-state index contributed by atoms with van der Waals surface area (Å²) in [6.45, 7) is 8.33. The van der Waals surface area contributed by atoms with Gasteiger partial charge in [0.15, 0.2) is 5.79 Å². The van der Waals surface area contributed by atoms with Gasteiger partial charge in [0.2, 0.25) is 0 Å². The van der Waals surface area contributed by atoms with Gasteiger partial charge < -0.3 is 15.2 Å². The van der Waals surface area contributed by atoms with Gasteiger partial charge in [-0.15, -0.1) is 0 Å². The fourth-order valence-electron chi connectivity index (χ4n) is 3.00. The quantitative estimate of drug-likeness (QED) is 0.890. The Kier molecular flexibility index (Phi) is 3.67. The van der Waals surface area contributed by atoms with Crippen LogP contribution in [0.5, 0.6) is 0 Å². The summed E-state index contributed by atoms with van der Waals surface area (Å²) < 4.78 is 11.5. The number of piperidine rings is 1. The van der Waals surface area contributed by atoms with Crippen LogP contribution in [-0.4, -0.2) is 42.0 Å². The molecule has 2 saturated heterocycles. The molecule has 5 heteroatoms. The first-order chi connectivity index (χ1) is 9.60. The molecule has 0 saturated carbocycles. The molecule has 0 aromatic carbocycles. The summed E-state index contributed by atoms with van der Waals surface area (Å²) in [4.78, 5) is 6.94. The van der Waals surface area contributed by atoms with Crippen molar-refractivity contribution in [2.24, 2.45) is 0 Å². The fourth-order valence-corrected chi connectivity index (χ4v) is 3.00. The van der Waals surface area contributed by atoms with E-state index in [1.165, 1.54) is 0 Å². The van der Waals surface area contributed by atoms with E-state index in [2.05, 4.69) is 16.8 Å². The van der Waals surface area contributed by atoms with Crippen molar-refractivity contribution >= 4 is 5.69 Å². The van der Waals surface area contributed by atoms with E-state index in [1.807, 2.05) is 13.1 Å². The lowest BCUT2D eigenvalue weighted by atomic mass is 10.0. The smallest absolute Gasteiger partial charge is 0.170 e. The van der Waals surface area contributed by atoms with Crippen molar-refractivity contribution in [3.63, 3.8) is 0 Å². The maximum absolute atomic E-state index is 6.08. The summed E-state index contributed by atoms with van der Waals surface area (Å²) in [7, 11) is 0. The van der Waals surface area contributed by atoms with Crippen LogP contribution in [0, 0.1) is 13.8 Å². The maximum atomic E-state index is 6.08. The third-order valence-electron chi connectivity index (χ3n) is 4.48. The van der Waals surface area contributed by atoms with Gasteiger partial charge in [0.1, 0.15) is 0 Å². The summed E-state index contributed by atoms with van der Waals surface area (Å²) in [6, 6.07) is 0. The van der Waals surface area contributed by atoms with Crippen LogP contribution >= 0.6 is 0 Å². The van der Waals surface area contributed by atoms with Gasteiger partial charge in [0, 0.05) is 44.4 Å². The minimum Gasteiger partial charge on any atom is -0.398 e. The van der Waals surface area contributed by atoms with Crippen molar-refractivity contribution in [1.29, 1.82) is 0 Å². The molecular weight excluding hydrogens is 254 g/mol. The Morgan fingerprint density at radius 3 is 2.55 bits per heavy atom. The van der Waals surface area contributed by atoms with Crippen LogP contribution in [0.4, 0.5) is 5.69 Å². The molecule has 20 heavy (non-hydrogen) atoms. The molecule has 2 aliphatic heterocycles. The zero-order valence-corrected chi connectivity index (χ0v) is 12.3. The third kappa shape index (κ3) is 2.53. The second kappa shape index (κ2) is 5.31. The molecule has 0 atom stereocenters. The number of nitrogen functional groups attached to an aromatic ring is 1. The molecule has 2 fully saturated rings. The van der Waals surface area contributed by atoms with Gasteiger partial charge in [-0.25, -0.2) is 0 Å². The van der Waals surface area contributed by atoms with Crippen LogP contribution < -0.4 is 5.73 Å². The van der Waals surface area contributed by atoms with Crippen LogP contribution in [-0.2, 0) is 16.0 Å². The topological polar surface area (TPSA) is 60.6 Å². The average Bonchev–Trinajstić information content (AvgIpc) is 2.91. The number of rotatable bonds is 2. The van der Waals surface area contributed by atoms with Gasteiger partial charge in [-0.3, -0.25) is 9.88 Å².